The molecule has 1 unspecified atom stereocenters. The van der Waals surface area contributed by atoms with Crippen LogP contribution in [0.2, 0.25) is 0 Å². The van der Waals surface area contributed by atoms with E-state index < -0.39 is 23.7 Å². The number of rotatable bonds is 6. The van der Waals surface area contributed by atoms with Crippen LogP contribution in [0.15, 0.2) is 57.7 Å². The zero-order valence-corrected chi connectivity index (χ0v) is 17.1. The molecule has 0 fully saturated rings. The Hall–Kier alpha value is -3.61. The van der Waals surface area contributed by atoms with Crippen molar-refractivity contribution in [2.45, 2.75) is 39.8 Å². The molecular weight excluding hydrogens is 386 g/mol. The lowest BCUT2D eigenvalue weighted by molar-refractivity contribution is -0.136. The van der Waals surface area contributed by atoms with Gasteiger partial charge in [0.1, 0.15) is 24.0 Å². The number of ether oxygens (including phenoxy) is 2. The summed E-state index contributed by atoms with van der Waals surface area (Å²) in [5.41, 5.74) is 2.26. The molecule has 0 aliphatic rings. The van der Waals surface area contributed by atoms with Gasteiger partial charge < -0.3 is 19.2 Å². The number of hydrogen-bond donors (Lipinski definition) is 1. The Morgan fingerprint density at radius 2 is 1.87 bits per heavy atom. The molecule has 0 aliphatic heterocycles. The topological polar surface area (TPSA) is 94.8 Å². The maximum absolute atomic E-state index is 12.5. The third kappa shape index (κ3) is 5.05. The molecule has 1 heterocycles. The number of alkyl carbamates (subject to hydrolysis) is 1. The number of amides is 1. The maximum atomic E-state index is 12.5. The molecule has 1 amide bonds. The first-order valence-corrected chi connectivity index (χ1v) is 9.63. The summed E-state index contributed by atoms with van der Waals surface area (Å²) in [5, 5.41) is 3.23. The summed E-state index contributed by atoms with van der Waals surface area (Å²) < 4.78 is 15.8. The van der Waals surface area contributed by atoms with Gasteiger partial charge in [-0.1, -0.05) is 37.3 Å². The Balaban J connectivity index is 1.67. The molecule has 0 bridgehead atoms. The van der Waals surface area contributed by atoms with Gasteiger partial charge in [-0.15, -0.1) is 0 Å². The number of nitrogens with one attached hydrogen (secondary N) is 1. The van der Waals surface area contributed by atoms with Gasteiger partial charge in [-0.3, -0.25) is 0 Å². The second-order valence-electron chi connectivity index (χ2n) is 6.91. The SMILES string of the molecule is CCc1cc2c(C)cc(=O)oc2cc1OC(=O)C(C)NC(=O)OCc1ccccc1. The third-order valence-electron chi connectivity index (χ3n) is 4.62. The molecule has 7 heteroatoms. The van der Waals surface area contributed by atoms with E-state index >= 15 is 0 Å². The van der Waals surface area contributed by atoms with Gasteiger partial charge >= 0.3 is 17.7 Å². The average molecular weight is 409 g/mol. The highest BCUT2D eigenvalue weighted by Crippen LogP contribution is 2.28. The quantitative estimate of drug-likeness (QED) is 0.377. The van der Waals surface area contributed by atoms with E-state index in [0.29, 0.717) is 12.0 Å². The van der Waals surface area contributed by atoms with Crippen molar-refractivity contribution in [3.05, 3.63) is 75.6 Å². The highest BCUT2D eigenvalue weighted by atomic mass is 16.6. The van der Waals surface area contributed by atoms with E-state index in [1.165, 1.54) is 19.1 Å². The van der Waals surface area contributed by atoms with E-state index in [4.69, 9.17) is 13.9 Å². The summed E-state index contributed by atoms with van der Waals surface area (Å²) in [6.45, 7) is 5.34. The van der Waals surface area contributed by atoms with Gasteiger partial charge in [0.05, 0.1) is 0 Å². The van der Waals surface area contributed by atoms with Crippen LogP contribution in [-0.4, -0.2) is 18.1 Å². The molecule has 0 saturated heterocycles. The van der Waals surface area contributed by atoms with Crippen LogP contribution in [0, 0.1) is 6.92 Å². The van der Waals surface area contributed by atoms with Crippen LogP contribution >= 0.6 is 0 Å². The van der Waals surface area contributed by atoms with Crippen molar-refractivity contribution >= 4 is 23.0 Å². The van der Waals surface area contributed by atoms with Gasteiger partial charge in [0.25, 0.3) is 0 Å². The van der Waals surface area contributed by atoms with E-state index in [9.17, 15) is 14.4 Å². The predicted octanol–water partition coefficient (Wildman–Crippen LogP) is 3.88. The summed E-state index contributed by atoms with van der Waals surface area (Å²) in [7, 11) is 0. The number of benzene rings is 2. The Bertz CT molecular complexity index is 1120. The highest BCUT2D eigenvalue weighted by molar-refractivity contribution is 5.86. The molecule has 1 aromatic heterocycles. The minimum absolute atomic E-state index is 0.0947. The molecule has 0 spiro atoms. The van der Waals surface area contributed by atoms with Crippen molar-refractivity contribution in [3.63, 3.8) is 0 Å². The Morgan fingerprint density at radius 1 is 1.13 bits per heavy atom. The highest BCUT2D eigenvalue weighted by Gasteiger charge is 2.20. The molecule has 3 rings (SSSR count). The van der Waals surface area contributed by atoms with E-state index in [1.807, 2.05) is 50.2 Å². The first kappa shape index (κ1) is 21.1. The number of carbonyl (C=O) groups excluding carboxylic acids is 2. The van der Waals surface area contributed by atoms with Crippen molar-refractivity contribution in [3.8, 4) is 5.75 Å². The Kier molecular flexibility index (Phi) is 6.51. The average Bonchev–Trinajstić information content (AvgIpc) is 2.72. The van der Waals surface area contributed by atoms with Crippen LogP contribution in [0.1, 0.15) is 30.5 Å². The molecule has 0 radical (unpaired) electrons. The minimum Gasteiger partial charge on any atom is -0.445 e. The van der Waals surface area contributed by atoms with E-state index in [0.717, 1.165) is 22.1 Å². The van der Waals surface area contributed by atoms with E-state index in [-0.39, 0.29) is 12.4 Å². The van der Waals surface area contributed by atoms with Gasteiger partial charge in [0, 0.05) is 17.5 Å². The molecule has 7 nitrogen and oxygen atoms in total. The van der Waals surface area contributed by atoms with E-state index in [2.05, 4.69) is 5.32 Å². The van der Waals surface area contributed by atoms with E-state index in [1.54, 1.807) is 0 Å². The smallest absolute Gasteiger partial charge is 0.408 e. The fourth-order valence-electron chi connectivity index (χ4n) is 2.96. The first-order chi connectivity index (χ1) is 14.4. The van der Waals surface area contributed by atoms with Crippen LogP contribution < -0.4 is 15.7 Å². The van der Waals surface area contributed by atoms with Crippen LogP contribution in [-0.2, 0) is 22.6 Å². The number of carbonyl (C=O) groups is 2. The van der Waals surface area contributed by atoms with Crippen molar-refractivity contribution in [1.29, 1.82) is 0 Å². The molecule has 0 saturated carbocycles. The fourth-order valence-corrected chi connectivity index (χ4v) is 2.96. The Labute approximate surface area is 173 Å². The van der Waals surface area contributed by atoms with Gasteiger partial charge in [-0.25, -0.2) is 14.4 Å². The number of esters is 1. The zero-order chi connectivity index (χ0) is 21.7. The monoisotopic (exact) mass is 409 g/mol. The van der Waals surface area contributed by atoms with Gasteiger partial charge in [0.2, 0.25) is 0 Å². The second kappa shape index (κ2) is 9.26. The normalized spacial score (nSPS) is 11.7. The molecular formula is C23H23NO6. The van der Waals surface area contributed by atoms with Gasteiger partial charge in [-0.05, 0) is 43.0 Å². The Morgan fingerprint density at radius 3 is 2.57 bits per heavy atom. The van der Waals surface area contributed by atoms with Gasteiger partial charge in [0.15, 0.2) is 0 Å². The largest absolute Gasteiger partial charge is 0.445 e. The lowest BCUT2D eigenvalue weighted by atomic mass is 10.1. The maximum Gasteiger partial charge on any atom is 0.408 e. The molecule has 1 N–H and O–H groups in total. The molecule has 156 valence electrons. The number of hydrogen-bond acceptors (Lipinski definition) is 6. The second-order valence-corrected chi connectivity index (χ2v) is 6.91. The fraction of sp³-hybridized carbons (Fsp3) is 0.261. The summed E-state index contributed by atoms with van der Waals surface area (Å²) in [4.78, 5) is 36.1. The van der Waals surface area contributed by atoms with Crippen molar-refractivity contribution < 1.29 is 23.5 Å². The van der Waals surface area contributed by atoms with Crippen LogP contribution in [0.25, 0.3) is 11.0 Å². The third-order valence-corrected chi connectivity index (χ3v) is 4.62. The summed E-state index contributed by atoms with van der Waals surface area (Å²) in [5.74, 6) is -0.370. The number of fused-ring (bicyclic) bond motifs is 1. The molecule has 30 heavy (non-hydrogen) atoms. The minimum atomic E-state index is -0.932. The predicted molar refractivity (Wildman–Crippen MR) is 111 cm³/mol. The van der Waals surface area contributed by atoms with Crippen molar-refractivity contribution in [1.82, 2.24) is 5.32 Å². The lowest BCUT2D eigenvalue weighted by Gasteiger charge is -2.15. The summed E-state index contributed by atoms with van der Waals surface area (Å²) in [6, 6.07) is 13.1. The summed E-state index contributed by atoms with van der Waals surface area (Å²) in [6.07, 6.45) is -0.114. The standard InChI is InChI=1S/C23H23NO6/c1-4-17-11-18-14(2)10-21(25)29-20(18)12-19(17)30-22(26)15(3)24-23(27)28-13-16-8-6-5-7-9-16/h5-12,15H,4,13H2,1-3H3,(H,24,27). The zero-order valence-electron chi connectivity index (χ0n) is 17.1. The molecule has 0 aliphatic carbocycles. The van der Waals surface area contributed by atoms with Crippen molar-refractivity contribution in [2.75, 3.05) is 0 Å². The molecule has 2 aromatic carbocycles. The van der Waals surface area contributed by atoms with Crippen LogP contribution in [0.4, 0.5) is 4.79 Å². The van der Waals surface area contributed by atoms with Crippen molar-refractivity contribution in [2.24, 2.45) is 0 Å². The number of aryl methyl sites for hydroxylation is 2. The van der Waals surface area contributed by atoms with Crippen LogP contribution in [0.3, 0.4) is 0 Å². The first-order valence-electron chi connectivity index (χ1n) is 9.63. The van der Waals surface area contributed by atoms with Gasteiger partial charge in [-0.2, -0.15) is 0 Å². The lowest BCUT2D eigenvalue weighted by Crippen LogP contribution is -2.41. The van der Waals surface area contributed by atoms with Crippen LogP contribution in [0.5, 0.6) is 5.75 Å². The molecule has 1 atom stereocenters. The molecule has 3 aromatic rings. The summed E-state index contributed by atoms with van der Waals surface area (Å²) >= 11 is 0.